The van der Waals surface area contributed by atoms with Gasteiger partial charge in [0.1, 0.15) is 10.6 Å². The molecular weight excluding hydrogens is 410 g/mol. The number of aryl methyl sites for hydroxylation is 2. The molecule has 2 aromatic rings. The molecule has 2 atom stereocenters. The zero-order chi connectivity index (χ0) is 21.2. The van der Waals surface area contributed by atoms with Gasteiger partial charge < -0.3 is 10.1 Å². The maximum Gasteiger partial charge on any atom is 0.187 e. The second-order valence-electron chi connectivity index (χ2n) is 7.54. The average Bonchev–Trinajstić information content (AvgIpc) is 2.99. The fourth-order valence-corrected chi connectivity index (χ4v) is 8.61. The predicted molar refractivity (Wildman–Crippen MR) is 114 cm³/mol. The van der Waals surface area contributed by atoms with E-state index in [4.69, 9.17) is 4.74 Å². The van der Waals surface area contributed by atoms with Crippen molar-refractivity contribution in [2.24, 2.45) is 0 Å². The van der Waals surface area contributed by atoms with Gasteiger partial charge in [0.15, 0.2) is 19.7 Å². The summed E-state index contributed by atoms with van der Waals surface area (Å²) in [6.07, 6.45) is 0.692. The van der Waals surface area contributed by atoms with E-state index >= 15 is 0 Å². The number of nitrogens with one attached hydrogen (secondary N) is 1. The Kier molecular flexibility index (Phi) is 6.36. The van der Waals surface area contributed by atoms with E-state index in [0.29, 0.717) is 13.0 Å². The zero-order valence-electron chi connectivity index (χ0n) is 16.9. The fraction of sp³-hybridized carbons (Fsp3) is 0.429. The highest BCUT2D eigenvalue weighted by Crippen LogP contribution is 2.33. The van der Waals surface area contributed by atoms with E-state index in [-0.39, 0.29) is 22.2 Å². The standard InChI is InChI=1S/C21H27NO5S2/c1-15-11-19(27-3)20(12-16(15)2)29(25,26)21-14-28(23,24)13-18(21)22-10-9-17-7-5-4-6-8-17/h4-8,11-12,18,21-22H,9-10,13-14H2,1-3H3/t18-,21-/m0/s1. The first-order valence-electron chi connectivity index (χ1n) is 9.51. The van der Waals surface area contributed by atoms with Gasteiger partial charge in [-0.1, -0.05) is 30.3 Å². The number of methoxy groups -OCH3 is 1. The molecule has 1 aliphatic rings. The van der Waals surface area contributed by atoms with Crippen molar-refractivity contribution < 1.29 is 21.6 Å². The Hall–Kier alpha value is -1.90. The second-order valence-corrected chi connectivity index (χ2v) is 11.8. The van der Waals surface area contributed by atoms with Crippen LogP contribution in [0.2, 0.25) is 0 Å². The highest BCUT2D eigenvalue weighted by atomic mass is 32.2. The molecule has 0 aromatic heterocycles. The minimum Gasteiger partial charge on any atom is -0.495 e. The van der Waals surface area contributed by atoms with Crippen LogP contribution in [0.5, 0.6) is 5.75 Å². The number of ether oxygens (including phenoxy) is 1. The molecule has 1 aliphatic heterocycles. The molecule has 158 valence electrons. The van der Waals surface area contributed by atoms with Crippen LogP contribution in [0.25, 0.3) is 0 Å². The fourth-order valence-electron chi connectivity index (χ4n) is 3.67. The van der Waals surface area contributed by atoms with Crippen molar-refractivity contribution in [3.05, 3.63) is 59.2 Å². The number of sulfone groups is 2. The Labute approximate surface area is 173 Å². The summed E-state index contributed by atoms with van der Waals surface area (Å²) in [5, 5.41) is 2.13. The van der Waals surface area contributed by atoms with Gasteiger partial charge in [0.05, 0.1) is 23.9 Å². The van der Waals surface area contributed by atoms with Crippen LogP contribution in [-0.2, 0) is 26.1 Å². The Morgan fingerprint density at radius 1 is 1.07 bits per heavy atom. The molecule has 2 aromatic carbocycles. The molecule has 6 nitrogen and oxygen atoms in total. The van der Waals surface area contributed by atoms with Crippen LogP contribution in [0.15, 0.2) is 47.4 Å². The van der Waals surface area contributed by atoms with Crippen molar-refractivity contribution in [3.63, 3.8) is 0 Å². The highest BCUT2D eigenvalue weighted by Gasteiger charge is 2.46. The largest absolute Gasteiger partial charge is 0.495 e. The Balaban J connectivity index is 1.87. The average molecular weight is 438 g/mol. The quantitative estimate of drug-likeness (QED) is 0.713. The summed E-state index contributed by atoms with van der Waals surface area (Å²) < 4.78 is 56.8. The molecule has 0 spiro atoms. The molecule has 1 saturated heterocycles. The maximum absolute atomic E-state index is 13.4. The highest BCUT2D eigenvalue weighted by molar-refractivity contribution is 7.96. The van der Waals surface area contributed by atoms with Crippen LogP contribution in [0.4, 0.5) is 0 Å². The summed E-state index contributed by atoms with van der Waals surface area (Å²) in [6, 6.07) is 12.4. The molecule has 0 bridgehead atoms. The number of benzene rings is 2. The van der Waals surface area contributed by atoms with Crippen molar-refractivity contribution in [2.45, 2.75) is 36.5 Å². The van der Waals surface area contributed by atoms with Gasteiger partial charge in [-0.05, 0) is 55.6 Å². The lowest BCUT2D eigenvalue weighted by molar-refractivity contribution is 0.401. The third-order valence-corrected chi connectivity index (χ3v) is 9.62. The topological polar surface area (TPSA) is 89.5 Å². The van der Waals surface area contributed by atoms with Gasteiger partial charge >= 0.3 is 0 Å². The minimum absolute atomic E-state index is 0.0556. The molecule has 0 aliphatic carbocycles. The third kappa shape index (κ3) is 4.82. The molecule has 1 fully saturated rings. The van der Waals surface area contributed by atoms with E-state index in [0.717, 1.165) is 16.7 Å². The normalized spacial score (nSPS) is 21.2. The summed E-state index contributed by atoms with van der Waals surface area (Å²) in [4.78, 5) is 0.0556. The van der Waals surface area contributed by atoms with Crippen LogP contribution in [0.1, 0.15) is 16.7 Å². The van der Waals surface area contributed by atoms with Crippen molar-refractivity contribution in [1.82, 2.24) is 5.32 Å². The minimum atomic E-state index is -3.90. The van der Waals surface area contributed by atoms with Crippen LogP contribution in [0.3, 0.4) is 0 Å². The molecule has 0 saturated carbocycles. The molecule has 29 heavy (non-hydrogen) atoms. The van der Waals surface area contributed by atoms with Crippen molar-refractivity contribution in [1.29, 1.82) is 0 Å². The first-order valence-corrected chi connectivity index (χ1v) is 12.9. The van der Waals surface area contributed by atoms with Gasteiger partial charge in [-0.25, -0.2) is 16.8 Å². The van der Waals surface area contributed by atoms with Crippen molar-refractivity contribution >= 4 is 19.7 Å². The molecule has 0 unspecified atom stereocenters. The molecule has 1 heterocycles. The lowest BCUT2D eigenvalue weighted by Crippen LogP contribution is -2.44. The lowest BCUT2D eigenvalue weighted by atomic mass is 10.1. The maximum atomic E-state index is 13.4. The second kappa shape index (κ2) is 8.45. The molecule has 8 heteroatoms. The first-order chi connectivity index (χ1) is 13.6. The van der Waals surface area contributed by atoms with Gasteiger partial charge in [-0.15, -0.1) is 0 Å². The van der Waals surface area contributed by atoms with Crippen LogP contribution in [0, 0.1) is 13.8 Å². The van der Waals surface area contributed by atoms with E-state index in [1.54, 1.807) is 12.1 Å². The molecule has 0 amide bonds. The van der Waals surface area contributed by atoms with Gasteiger partial charge in [0, 0.05) is 6.04 Å². The summed E-state index contributed by atoms with van der Waals surface area (Å²) in [6.45, 7) is 4.21. The lowest BCUT2D eigenvalue weighted by Gasteiger charge is -2.22. The van der Waals surface area contributed by atoms with Gasteiger partial charge in [0.25, 0.3) is 0 Å². The first kappa shape index (κ1) is 21.8. The van der Waals surface area contributed by atoms with E-state index in [1.807, 2.05) is 44.2 Å². The zero-order valence-corrected chi connectivity index (χ0v) is 18.5. The van der Waals surface area contributed by atoms with Crippen molar-refractivity contribution in [3.8, 4) is 5.75 Å². The van der Waals surface area contributed by atoms with Crippen LogP contribution < -0.4 is 10.1 Å². The number of hydrogen-bond donors (Lipinski definition) is 1. The number of rotatable bonds is 7. The monoisotopic (exact) mass is 437 g/mol. The van der Waals surface area contributed by atoms with E-state index in [2.05, 4.69) is 5.32 Å². The summed E-state index contributed by atoms with van der Waals surface area (Å²) >= 11 is 0. The van der Waals surface area contributed by atoms with Crippen molar-refractivity contribution in [2.75, 3.05) is 25.2 Å². The van der Waals surface area contributed by atoms with Gasteiger partial charge in [0.2, 0.25) is 0 Å². The Morgan fingerprint density at radius 2 is 1.72 bits per heavy atom. The molecule has 0 radical (unpaired) electrons. The number of hydrogen-bond acceptors (Lipinski definition) is 6. The molecule has 1 N–H and O–H groups in total. The van der Waals surface area contributed by atoms with E-state index in [9.17, 15) is 16.8 Å². The Bertz CT molecular complexity index is 1080. The predicted octanol–water partition coefficient (Wildman–Crippen LogP) is 2.08. The van der Waals surface area contributed by atoms with Gasteiger partial charge in [-0.3, -0.25) is 0 Å². The third-order valence-electron chi connectivity index (χ3n) is 5.45. The van der Waals surface area contributed by atoms with E-state index in [1.165, 1.54) is 7.11 Å². The summed E-state index contributed by atoms with van der Waals surface area (Å²) in [7, 11) is -5.93. The molecule has 3 rings (SSSR count). The van der Waals surface area contributed by atoms with Crippen LogP contribution >= 0.6 is 0 Å². The van der Waals surface area contributed by atoms with Crippen LogP contribution in [-0.4, -0.2) is 53.3 Å². The van der Waals surface area contributed by atoms with E-state index < -0.39 is 31.0 Å². The van der Waals surface area contributed by atoms with Gasteiger partial charge in [-0.2, -0.15) is 0 Å². The SMILES string of the molecule is COc1cc(C)c(C)cc1S(=O)(=O)[C@H]1CS(=O)(=O)C[C@@H]1NCCc1ccccc1. The summed E-state index contributed by atoms with van der Waals surface area (Å²) in [5.74, 6) is -0.312. The Morgan fingerprint density at radius 3 is 2.38 bits per heavy atom. The summed E-state index contributed by atoms with van der Waals surface area (Å²) in [5.41, 5.74) is 2.84. The molecular formula is C21H27NO5S2. The smallest absolute Gasteiger partial charge is 0.187 e.